The summed E-state index contributed by atoms with van der Waals surface area (Å²) in [6.45, 7) is 0. The molecule has 0 unspecified atom stereocenters. The fourth-order valence-corrected chi connectivity index (χ4v) is 2.61. The molecule has 4 heteroatoms. The molecule has 0 spiro atoms. The van der Waals surface area contributed by atoms with Crippen molar-refractivity contribution >= 4 is 27.6 Å². The van der Waals surface area contributed by atoms with Crippen molar-refractivity contribution < 1.29 is 0 Å². The third-order valence-corrected chi connectivity index (χ3v) is 3.55. The molecule has 0 saturated heterocycles. The van der Waals surface area contributed by atoms with Gasteiger partial charge in [0.1, 0.15) is 0 Å². The molecule has 0 N–H and O–H groups in total. The smallest absolute Gasteiger partial charge is 0.296 e. The molecule has 0 aliphatic rings. The second kappa shape index (κ2) is 3.45. The Morgan fingerprint density at radius 1 is 0.947 bits per heavy atom. The third-order valence-electron chi connectivity index (χ3n) is 3.55. The Bertz CT molecular complexity index is 995. The van der Waals surface area contributed by atoms with Crippen LogP contribution in [0.25, 0.3) is 27.6 Å². The minimum Gasteiger partial charge on any atom is -0.296 e. The fourth-order valence-electron chi connectivity index (χ4n) is 2.61. The van der Waals surface area contributed by atoms with Crippen LogP contribution in [-0.4, -0.2) is 14.0 Å². The van der Waals surface area contributed by atoms with E-state index in [0.717, 1.165) is 27.6 Å². The highest BCUT2D eigenvalue weighted by atomic mass is 16.1. The molecule has 0 atom stereocenters. The van der Waals surface area contributed by atoms with Gasteiger partial charge >= 0.3 is 5.69 Å². The van der Waals surface area contributed by atoms with Gasteiger partial charge in [0.15, 0.2) is 5.65 Å². The zero-order valence-corrected chi connectivity index (χ0v) is 10.4. The van der Waals surface area contributed by atoms with Gasteiger partial charge in [-0.1, -0.05) is 24.3 Å². The predicted octanol–water partition coefficient (Wildman–Crippen LogP) is 2.34. The lowest BCUT2D eigenvalue weighted by Gasteiger charge is -2.06. The van der Waals surface area contributed by atoms with E-state index in [1.807, 2.05) is 48.5 Å². The molecule has 4 nitrogen and oxygen atoms in total. The van der Waals surface area contributed by atoms with Crippen LogP contribution in [0.3, 0.4) is 0 Å². The molecule has 0 amide bonds. The lowest BCUT2D eigenvalue weighted by Crippen LogP contribution is -2.24. The molecule has 0 fully saturated rings. The molecule has 0 saturated carbocycles. The monoisotopic (exact) mass is 249 g/mol. The van der Waals surface area contributed by atoms with Crippen molar-refractivity contribution in [3.63, 3.8) is 0 Å². The zero-order valence-electron chi connectivity index (χ0n) is 10.4. The van der Waals surface area contributed by atoms with Crippen molar-refractivity contribution in [2.75, 3.05) is 0 Å². The van der Waals surface area contributed by atoms with Gasteiger partial charge in [0.25, 0.3) is 0 Å². The van der Waals surface area contributed by atoms with Crippen LogP contribution in [0.5, 0.6) is 0 Å². The summed E-state index contributed by atoms with van der Waals surface area (Å²) < 4.78 is 3.34. The lowest BCUT2D eigenvalue weighted by molar-refractivity contribution is 0.836. The molecule has 2 aromatic carbocycles. The number of fused-ring (bicyclic) bond motifs is 5. The van der Waals surface area contributed by atoms with E-state index in [1.54, 1.807) is 16.0 Å². The van der Waals surface area contributed by atoms with Crippen LogP contribution in [0.2, 0.25) is 0 Å². The second-order valence-corrected chi connectivity index (χ2v) is 4.62. The highest BCUT2D eigenvalue weighted by molar-refractivity contribution is 5.96. The average Bonchev–Trinajstić information content (AvgIpc) is 2.84. The van der Waals surface area contributed by atoms with Gasteiger partial charge in [-0.05, 0) is 24.3 Å². The van der Waals surface area contributed by atoms with Crippen LogP contribution in [0.1, 0.15) is 0 Å². The number of hydrogen-bond acceptors (Lipinski definition) is 2. The molecule has 2 heterocycles. The Balaban J connectivity index is 2.45. The van der Waals surface area contributed by atoms with Gasteiger partial charge < -0.3 is 0 Å². The minimum atomic E-state index is -0.0672. The number of rotatable bonds is 0. The van der Waals surface area contributed by atoms with E-state index in [9.17, 15) is 4.79 Å². The molecule has 92 valence electrons. The highest BCUT2D eigenvalue weighted by Gasteiger charge is 2.12. The van der Waals surface area contributed by atoms with Crippen molar-refractivity contribution in [1.82, 2.24) is 14.0 Å². The summed E-state index contributed by atoms with van der Waals surface area (Å²) in [6, 6.07) is 15.5. The lowest BCUT2D eigenvalue weighted by atomic mass is 10.2. The largest absolute Gasteiger partial charge is 0.334 e. The molecule has 19 heavy (non-hydrogen) atoms. The maximum atomic E-state index is 12.5. The van der Waals surface area contributed by atoms with E-state index in [4.69, 9.17) is 0 Å². The number of benzene rings is 2. The van der Waals surface area contributed by atoms with Crippen molar-refractivity contribution in [2.24, 2.45) is 7.05 Å². The first kappa shape index (κ1) is 10.3. The maximum Gasteiger partial charge on any atom is 0.334 e. The van der Waals surface area contributed by atoms with Crippen molar-refractivity contribution in [2.45, 2.75) is 0 Å². The van der Waals surface area contributed by atoms with E-state index in [0.29, 0.717) is 0 Å². The number of para-hydroxylation sites is 3. The van der Waals surface area contributed by atoms with Crippen molar-refractivity contribution in [3.05, 3.63) is 59.0 Å². The van der Waals surface area contributed by atoms with Crippen LogP contribution in [0.15, 0.2) is 53.3 Å². The topological polar surface area (TPSA) is 39.3 Å². The van der Waals surface area contributed by atoms with Crippen molar-refractivity contribution in [1.29, 1.82) is 0 Å². The normalized spacial score (nSPS) is 11.6. The second-order valence-electron chi connectivity index (χ2n) is 4.62. The fraction of sp³-hybridized carbons (Fsp3) is 0.0667. The summed E-state index contributed by atoms with van der Waals surface area (Å²) in [6.07, 6.45) is 0. The molecular formula is C15H11N3O. The zero-order chi connectivity index (χ0) is 13.0. The standard InChI is InChI=1S/C15H11N3O/c1-17-12-8-4-2-6-10(12)14-16-11-7-3-5-9-13(11)18(14)15(17)19/h2-9H,1H3. The molecule has 0 bridgehead atoms. The molecule has 4 aromatic rings. The Morgan fingerprint density at radius 2 is 1.63 bits per heavy atom. The van der Waals surface area contributed by atoms with E-state index in [2.05, 4.69) is 4.98 Å². The molecular weight excluding hydrogens is 238 g/mol. The Morgan fingerprint density at radius 3 is 2.47 bits per heavy atom. The van der Waals surface area contributed by atoms with Gasteiger partial charge in [-0.15, -0.1) is 0 Å². The molecule has 0 radical (unpaired) electrons. The third kappa shape index (κ3) is 1.23. The van der Waals surface area contributed by atoms with Crippen LogP contribution < -0.4 is 5.69 Å². The maximum absolute atomic E-state index is 12.5. The summed E-state index contributed by atoms with van der Waals surface area (Å²) in [5.41, 5.74) is 3.25. The van der Waals surface area contributed by atoms with Gasteiger partial charge in [-0.25, -0.2) is 14.2 Å². The van der Waals surface area contributed by atoms with E-state index in [-0.39, 0.29) is 5.69 Å². The molecule has 0 aliphatic heterocycles. The van der Waals surface area contributed by atoms with Gasteiger partial charge in [-0.3, -0.25) is 4.57 Å². The predicted molar refractivity (Wildman–Crippen MR) is 75.4 cm³/mol. The van der Waals surface area contributed by atoms with Gasteiger partial charge in [0, 0.05) is 12.4 Å². The number of aromatic nitrogens is 3. The number of aryl methyl sites for hydroxylation is 1. The minimum absolute atomic E-state index is 0.0672. The van der Waals surface area contributed by atoms with E-state index >= 15 is 0 Å². The van der Waals surface area contributed by atoms with Crippen LogP contribution >= 0.6 is 0 Å². The summed E-state index contributed by atoms with van der Waals surface area (Å²) in [5.74, 6) is 0. The van der Waals surface area contributed by atoms with Crippen molar-refractivity contribution in [3.8, 4) is 0 Å². The first-order valence-corrected chi connectivity index (χ1v) is 6.12. The molecule has 4 rings (SSSR count). The van der Waals surface area contributed by atoms with Gasteiger partial charge in [-0.2, -0.15) is 0 Å². The average molecular weight is 249 g/mol. The number of hydrogen-bond donors (Lipinski definition) is 0. The summed E-state index contributed by atoms with van der Waals surface area (Å²) in [5, 5.41) is 0.987. The Hall–Kier alpha value is -2.62. The summed E-state index contributed by atoms with van der Waals surface area (Å²) in [4.78, 5) is 17.1. The quantitative estimate of drug-likeness (QED) is 0.480. The molecule has 2 aromatic heterocycles. The number of nitrogens with zero attached hydrogens (tertiary/aromatic N) is 3. The molecule has 0 aliphatic carbocycles. The van der Waals surface area contributed by atoms with Crippen LogP contribution in [-0.2, 0) is 7.05 Å². The number of imidazole rings is 1. The SMILES string of the molecule is Cn1c(=O)n2c3ccccc3nc2c2ccccc21. The van der Waals surface area contributed by atoms with Crippen LogP contribution in [0.4, 0.5) is 0 Å². The summed E-state index contributed by atoms with van der Waals surface area (Å²) in [7, 11) is 1.79. The van der Waals surface area contributed by atoms with E-state index in [1.165, 1.54) is 0 Å². The first-order chi connectivity index (χ1) is 9.27. The summed E-state index contributed by atoms with van der Waals surface area (Å²) >= 11 is 0. The van der Waals surface area contributed by atoms with Gasteiger partial charge in [0.05, 0.1) is 16.6 Å². The Kier molecular flexibility index (Phi) is 1.87. The first-order valence-electron chi connectivity index (χ1n) is 6.12. The Labute approximate surface area is 108 Å². The van der Waals surface area contributed by atoms with E-state index < -0.39 is 0 Å². The highest BCUT2D eigenvalue weighted by Crippen LogP contribution is 2.21. The van der Waals surface area contributed by atoms with Crippen LogP contribution in [0, 0.1) is 0 Å². The van der Waals surface area contributed by atoms with Gasteiger partial charge in [0.2, 0.25) is 0 Å².